The predicted octanol–water partition coefficient (Wildman–Crippen LogP) is 2.78. The summed E-state index contributed by atoms with van der Waals surface area (Å²) in [5, 5.41) is 9.18. The molecule has 4 amide bonds. The third-order valence-corrected chi connectivity index (χ3v) is 5.50. The first kappa shape index (κ1) is 32.3. The molecule has 11 nitrogen and oxygen atoms in total. The van der Waals surface area contributed by atoms with E-state index in [0.29, 0.717) is 59.0 Å². The topological polar surface area (TPSA) is 136 Å². The van der Waals surface area contributed by atoms with E-state index in [4.69, 9.17) is 0 Å². The van der Waals surface area contributed by atoms with E-state index in [0.717, 1.165) is 57.8 Å². The van der Waals surface area contributed by atoms with Crippen molar-refractivity contribution in [1.29, 1.82) is 0 Å². The van der Waals surface area contributed by atoms with Crippen molar-refractivity contribution in [2.75, 3.05) is 59.0 Å². The second kappa shape index (κ2) is 24.4. The molecule has 0 aromatic carbocycles. The number of aliphatic imine (C=N–C) groups is 2. The Hall–Kier alpha value is -2.74. The first-order valence-corrected chi connectivity index (χ1v) is 12.9. The lowest BCUT2D eigenvalue weighted by Crippen LogP contribution is -2.45. The van der Waals surface area contributed by atoms with Gasteiger partial charge in [-0.1, -0.05) is 25.7 Å². The number of hydrogen-bond donors (Lipinski definition) is 3. The molecule has 0 saturated heterocycles. The number of nitrogens with one attached hydrogen (secondary N) is 3. The fourth-order valence-electron chi connectivity index (χ4n) is 3.38. The SMILES string of the molecule is CCN(CCCNCN(CC)C(=O)NCCCCCCN=C=O)C(=O)NCCCCCCN=C=O. The number of hydrogen-bond acceptors (Lipinski definition) is 7. The Balaban J connectivity index is 3.88. The van der Waals surface area contributed by atoms with Gasteiger partial charge in [-0.05, 0) is 52.5 Å². The van der Waals surface area contributed by atoms with Crippen molar-refractivity contribution in [1.82, 2.24) is 25.8 Å². The molecule has 0 atom stereocenters. The molecular formula is C24H45N7O4. The lowest BCUT2D eigenvalue weighted by atomic mass is 10.2. The molecule has 200 valence electrons. The van der Waals surface area contributed by atoms with Crippen molar-refractivity contribution < 1.29 is 19.2 Å². The van der Waals surface area contributed by atoms with Crippen molar-refractivity contribution in [3.05, 3.63) is 0 Å². The van der Waals surface area contributed by atoms with Crippen LogP contribution in [0.1, 0.15) is 71.6 Å². The summed E-state index contributed by atoms with van der Waals surface area (Å²) in [6.45, 7) is 9.28. The molecule has 0 saturated carbocycles. The van der Waals surface area contributed by atoms with Crippen molar-refractivity contribution in [2.24, 2.45) is 9.98 Å². The summed E-state index contributed by atoms with van der Waals surface area (Å²) in [6, 6.07) is -0.138. The third-order valence-electron chi connectivity index (χ3n) is 5.50. The summed E-state index contributed by atoms with van der Waals surface area (Å²) < 4.78 is 0. The molecule has 0 radical (unpaired) electrons. The maximum atomic E-state index is 12.3. The molecular weight excluding hydrogens is 450 g/mol. The molecule has 0 heterocycles. The largest absolute Gasteiger partial charge is 0.338 e. The number of urea groups is 2. The van der Waals surface area contributed by atoms with Crippen LogP contribution in [-0.2, 0) is 9.59 Å². The number of carbonyl (C=O) groups is 2. The van der Waals surface area contributed by atoms with Gasteiger partial charge < -0.3 is 20.4 Å². The molecule has 0 fully saturated rings. The van der Waals surface area contributed by atoms with Crippen LogP contribution in [-0.4, -0.2) is 93.0 Å². The van der Waals surface area contributed by atoms with E-state index >= 15 is 0 Å². The average Bonchev–Trinajstić information content (AvgIpc) is 2.86. The van der Waals surface area contributed by atoms with Crippen LogP contribution in [0, 0.1) is 0 Å². The molecule has 0 aliphatic heterocycles. The zero-order chi connectivity index (χ0) is 26.0. The lowest BCUT2D eigenvalue weighted by Gasteiger charge is -2.23. The quantitative estimate of drug-likeness (QED) is 0.0918. The minimum atomic E-state index is -0.0865. The highest BCUT2D eigenvalue weighted by atomic mass is 16.2. The van der Waals surface area contributed by atoms with Gasteiger partial charge in [0.1, 0.15) is 0 Å². The molecule has 0 aliphatic rings. The van der Waals surface area contributed by atoms with Crippen LogP contribution in [0.4, 0.5) is 9.59 Å². The molecule has 0 aromatic heterocycles. The fraction of sp³-hybridized carbons (Fsp3) is 0.833. The third kappa shape index (κ3) is 19.3. The van der Waals surface area contributed by atoms with Crippen LogP contribution < -0.4 is 16.0 Å². The number of rotatable bonds is 22. The second-order valence-corrected chi connectivity index (χ2v) is 8.19. The van der Waals surface area contributed by atoms with Crippen LogP contribution >= 0.6 is 0 Å². The Morgan fingerprint density at radius 1 is 0.657 bits per heavy atom. The van der Waals surface area contributed by atoms with Crippen LogP contribution in [0.5, 0.6) is 0 Å². The summed E-state index contributed by atoms with van der Waals surface area (Å²) in [7, 11) is 0. The molecule has 11 heteroatoms. The minimum absolute atomic E-state index is 0.0518. The maximum absolute atomic E-state index is 12.3. The highest BCUT2D eigenvalue weighted by Gasteiger charge is 2.12. The van der Waals surface area contributed by atoms with Gasteiger partial charge in [0, 0.05) is 32.7 Å². The van der Waals surface area contributed by atoms with Gasteiger partial charge in [-0.2, -0.15) is 0 Å². The van der Waals surface area contributed by atoms with E-state index in [9.17, 15) is 19.2 Å². The summed E-state index contributed by atoms with van der Waals surface area (Å²) in [5.74, 6) is 0. The number of carbonyl (C=O) groups excluding carboxylic acids is 4. The van der Waals surface area contributed by atoms with E-state index in [2.05, 4.69) is 25.9 Å². The molecule has 0 spiro atoms. The van der Waals surface area contributed by atoms with Crippen LogP contribution in [0.2, 0.25) is 0 Å². The average molecular weight is 496 g/mol. The standard InChI is InChI=1S/C24H45N7O4/c1-3-30(23(34)28-17-11-7-5-9-14-26-21-32)19-13-16-25-20-31(4-2)24(35)29-18-12-8-6-10-15-27-22-33/h25H,3-20H2,1-2H3,(H,28,34)(H,29,35). The highest BCUT2D eigenvalue weighted by molar-refractivity contribution is 5.74. The molecule has 3 N–H and O–H groups in total. The summed E-state index contributed by atoms with van der Waals surface area (Å²) in [4.78, 5) is 55.2. The molecule has 35 heavy (non-hydrogen) atoms. The first-order chi connectivity index (χ1) is 17.1. The van der Waals surface area contributed by atoms with Gasteiger partial charge in [0.25, 0.3) is 0 Å². The minimum Gasteiger partial charge on any atom is -0.338 e. The predicted molar refractivity (Wildman–Crippen MR) is 137 cm³/mol. The second-order valence-electron chi connectivity index (χ2n) is 8.19. The number of isocyanates is 2. The van der Waals surface area contributed by atoms with Crippen molar-refractivity contribution >= 4 is 24.2 Å². The monoisotopic (exact) mass is 495 g/mol. The molecule has 0 aliphatic carbocycles. The van der Waals surface area contributed by atoms with E-state index in [1.807, 2.05) is 13.8 Å². The van der Waals surface area contributed by atoms with Gasteiger partial charge in [0.15, 0.2) is 0 Å². The molecule has 0 rings (SSSR count). The van der Waals surface area contributed by atoms with Gasteiger partial charge >= 0.3 is 12.1 Å². The van der Waals surface area contributed by atoms with Gasteiger partial charge in [-0.15, -0.1) is 0 Å². The Kier molecular flexibility index (Phi) is 22.5. The summed E-state index contributed by atoms with van der Waals surface area (Å²) in [5.41, 5.74) is 0. The maximum Gasteiger partial charge on any atom is 0.318 e. The first-order valence-electron chi connectivity index (χ1n) is 12.9. The summed E-state index contributed by atoms with van der Waals surface area (Å²) in [6.07, 6.45) is 11.3. The van der Waals surface area contributed by atoms with Gasteiger partial charge in [-0.3, -0.25) is 5.32 Å². The Bertz CT molecular complexity index is 596. The Morgan fingerprint density at radius 3 is 1.63 bits per heavy atom. The Labute approximate surface area is 210 Å². The number of amides is 4. The van der Waals surface area contributed by atoms with Crippen LogP contribution in [0.25, 0.3) is 0 Å². The number of nitrogens with zero attached hydrogens (tertiary/aromatic N) is 4. The highest BCUT2D eigenvalue weighted by Crippen LogP contribution is 2.01. The summed E-state index contributed by atoms with van der Waals surface area (Å²) >= 11 is 0. The van der Waals surface area contributed by atoms with Crippen LogP contribution in [0.15, 0.2) is 9.98 Å². The van der Waals surface area contributed by atoms with E-state index in [-0.39, 0.29) is 12.1 Å². The van der Waals surface area contributed by atoms with Gasteiger partial charge in [0.2, 0.25) is 12.2 Å². The number of unbranched alkanes of at least 4 members (excludes halogenated alkanes) is 6. The van der Waals surface area contributed by atoms with E-state index in [1.165, 1.54) is 12.2 Å². The molecule has 0 aromatic rings. The van der Waals surface area contributed by atoms with Crippen LogP contribution in [0.3, 0.4) is 0 Å². The molecule has 0 unspecified atom stereocenters. The van der Waals surface area contributed by atoms with Crippen molar-refractivity contribution in [3.8, 4) is 0 Å². The lowest BCUT2D eigenvalue weighted by molar-refractivity contribution is 0.193. The van der Waals surface area contributed by atoms with E-state index < -0.39 is 0 Å². The normalized spacial score (nSPS) is 10.1. The van der Waals surface area contributed by atoms with E-state index in [1.54, 1.807) is 9.80 Å². The van der Waals surface area contributed by atoms with Crippen molar-refractivity contribution in [2.45, 2.75) is 71.6 Å². The van der Waals surface area contributed by atoms with Crippen molar-refractivity contribution in [3.63, 3.8) is 0 Å². The smallest absolute Gasteiger partial charge is 0.318 e. The zero-order valence-corrected chi connectivity index (χ0v) is 21.6. The zero-order valence-electron chi connectivity index (χ0n) is 21.6. The molecule has 0 bridgehead atoms. The Morgan fingerprint density at radius 2 is 1.14 bits per heavy atom. The van der Waals surface area contributed by atoms with Gasteiger partial charge in [0.05, 0.1) is 19.8 Å². The van der Waals surface area contributed by atoms with Gasteiger partial charge in [-0.25, -0.2) is 29.2 Å². The fourth-order valence-corrected chi connectivity index (χ4v) is 3.38.